The van der Waals surface area contributed by atoms with Crippen molar-refractivity contribution in [1.29, 1.82) is 0 Å². The third-order valence-corrected chi connectivity index (χ3v) is 22.2. The zero-order valence-corrected chi connectivity index (χ0v) is 41.0. The van der Waals surface area contributed by atoms with Crippen molar-refractivity contribution in [1.82, 2.24) is 4.90 Å². The summed E-state index contributed by atoms with van der Waals surface area (Å²) in [6.07, 6.45) is 46.2. The number of carboxylic acid groups (broad SMARTS) is 1. The fraction of sp³-hybridized carbons (Fsp3) is 0.979. The van der Waals surface area contributed by atoms with Crippen LogP contribution in [0.25, 0.3) is 0 Å². The topological polar surface area (TPSA) is 40.5 Å². The number of carbonyl (C=O) groups is 1. The molecule has 1 N–H and O–H groups in total. The molecule has 0 aliphatic rings. The highest BCUT2D eigenvalue weighted by Crippen LogP contribution is 2.25. The van der Waals surface area contributed by atoms with Crippen molar-refractivity contribution in [2.24, 2.45) is 0 Å². The molecule has 0 radical (unpaired) electrons. The van der Waals surface area contributed by atoms with Gasteiger partial charge in [0, 0.05) is 24.1 Å². The molecule has 0 aliphatic carbocycles. The third kappa shape index (κ3) is 35.4. The van der Waals surface area contributed by atoms with E-state index in [4.69, 9.17) is 23.2 Å². The molecular weight excluding hydrogens is 738 g/mol. The number of nitrogens with zero attached hydrogens (tertiary/aromatic N) is 1. The largest absolute Gasteiger partial charge is 0.465 e. The molecule has 54 heavy (non-hydrogen) atoms. The maximum atomic E-state index is 12.2. The number of hydrogen-bond acceptors (Lipinski definition) is 1. The summed E-state index contributed by atoms with van der Waals surface area (Å²) in [5.41, 5.74) is 2.84. The van der Waals surface area contributed by atoms with Crippen LogP contribution in [-0.4, -0.2) is 57.8 Å². The Morgan fingerprint density at radius 1 is 0.444 bits per heavy atom. The molecule has 0 bridgehead atoms. The molecule has 1 amide bonds. The SMILES string of the molecule is CCCCCCCCCCCCCCCCCC[SiH](CCl)C(C)CCN(CCC(C)[SiH](CCl)CCCCCCCCCCCCCCCCCC)C(=O)O. The van der Waals surface area contributed by atoms with Crippen LogP contribution in [0.4, 0.5) is 4.79 Å². The summed E-state index contributed by atoms with van der Waals surface area (Å²) in [4.78, 5) is 13.9. The molecule has 0 heterocycles. The Kier molecular flexibility index (Phi) is 43.1. The van der Waals surface area contributed by atoms with Crippen LogP contribution < -0.4 is 0 Å². The molecule has 0 aromatic rings. The number of hydrogen-bond donors (Lipinski definition) is 1. The van der Waals surface area contributed by atoms with Gasteiger partial charge < -0.3 is 10.0 Å². The van der Waals surface area contributed by atoms with Gasteiger partial charge in [-0.2, -0.15) is 0 Å². The Labute approximate surface area is 353 Å². The van der Waals surface area contributed by atoms with Gasteiger partial charge in [-0.25, -0.2) is 4.79 Å². The predicted molar refractivity (Wildman–Crippen MR) is 252 cm³/mol. The van der Waals surface area contributed by atoms with Crippen molar-refractivity contribution >= 4 is 46.9 Å². The van der Waals surface area contributed by atoms with Gasteiger partial charge in [0.25, 0.3) is 0 Å². The first-order valence-electron chi connectivity index (χ1n) is 24.5. The van der Waals surface area contributed by atoms with Gasteiger partial charge in [-0.3, -0.25) is 0 Å². The predicted octanol–water partition coefficient (Wildman–Crippen LogP) is 17.1. The lowest BCUT2D eigenvalue weighted by molar-refractivity contribution is 0.143. The number of amides is 1. The van der Waals surface area contributed by atoms with E-state index in [0.717, 1.165) is 23.8 Å². The van der Waals surface area contributed by atoms with Crippen LogP contribution in [0.15, 0.2) is 0 Å². The molecule has 0 aromatic carbocycles. The van der Waals surface area contributed by atoms with E-state index in [1.807, 2.05) is 0 Å². The molecule has 0 rings (SSSR count). The van der Waals surface area contributed by atoms with Crippen LogP contribution in [-0.2, 0) is 0 Å². The molecular formula is C47H97Cl2NO2Si2. The first kappa shape index (κ1) is 54.3. The third-order valence-electron chi connectivity index (χ3n) is 12.8. The smallest absolute Gasteiger partial charge is 0.407 e. The Hall–Kier alpha value is 0.284. The van der Waals surface area contributed by atoms with Gasteiger partial charge in [-0.15, -0.1) is 23.2 Å². The maximum absolute atomic E-state index is 12.2. The minimum atomic E-state index is -1.05. The zero-order chi connectivity index (χ0) is 39.7. The lowest BCUT2D eigenvalue weighted by Crippen LogP contribution is -2.35. The first-order chi connectivity index (χ1) is 26.4. The van der Waals surface area contributed by atoms with Gasteiger partial charge in [-0.1, -0.05) is 245 Å². The van der Waals surface area contributed by atoms with Crippen molar-refractivity contribution in [2.45, 2.75) is 269 Å². The Balaban J connectivity index is 3.97. The highest BCUT2D eigenvalue weighted by molar-refractivity contribution is 6.68. The van der Waals surface area contributed by atoms with Crippen LogP contribution in [0.2, 0.25) is 23.2 Å². The number of alkyl halides is 2. The van der Waals surface area contributed by atoms with Gasteiger partial charge in [0.1, 0.15) is 0 Å². The molecule has 324 valence electrons. The van der Waals surface area contributed by atoms with Crippen molar-refractivity contribution in [3.05, 3.63) is 0 Å². The van der Waals surface area contributed by atoms with Crippen LogP contribution >= 0.6 is 23.2 Å². The maximum Gasteiger partial charge on any atom is 0.407 e. The molecule has 0 saturated heterocycles. The first-order valence-corrected chi connectivity index (χ1v) is 30.2. The molecule has 4 atom stereocenters. The molecule has 0 aromatic heterocycles. The summed E-state index contributed by atoms with van der Waals surface area (Å²) < 4.78 is 0. The molecule has 7 heteroatoms. The lowest BCUT2D eigenvalue weighted by Gasteiger charge is -2.27. The van der Waals surface area contributed by atoms with E-state index in [1.54, 1.807) is 4.90 Å². The van der Waals surface area contributed by atoms with Crippen molar-refractivity contribution in [3.8, 4) is 0 Å². The molecule has 0 aliphatic heterocycles. The standard InChI is InChI=1S/C47H97Cl2NO2Si2/c1-5-7-9-11-13-15-17-19-21-23-25-27-29-31-33-35-41-53(43-48)45(3)37-39-50(47(51)52)40-38-46(4)54(44-49)42-36-34-32-30-28-26-24-22-20-18-16-14-12-10-8-6-2/h45-46,53-54H,5-44H2,1-4H3,(H,51,52). The molecule has 4 unspecified atom stereocenters. The Bertz CT molecular complexity index is 709. The average molecular weight is 835 g/mol. The second-order valence-electron chi connectivity index (χ2n) is 17.8. The van der Waals surface area contributed by atoms with Crippen molar-refractivity contribution in [2.75, 3.05) is 24.1 Å². The molecule has 3 nitrogen and oxygen atoms in total. The monoisotopic (exact) mass is 834 g/mol. The fourth-order valence-electron chi connectivity index (χ4n) is 8.43. The van der Waals surface area contributed by atoms with Crippen molar-refractivity contribution < 1.29 is 9.90 Å². The average Bonchev–Trinajstić information content (AvgIpc) is 3.17. The molecule has 0 spiro atoms. The summed E-state index contributed by atoms with van der Waals surface area (Å²) in [6.45, 7) is 10.6. The van der Waals surface area contributed by atoms with E-state index in [1.165, 1.54) is 218 Å². The van der Waals surface area contributed by atoms with Crippen LogP contribution in [0.5, 0.6) is 0 Å². The molecule has 0 saturated carbocycles. The van der Waals surface area contributed by atoms with Gasteiger partial charge in [-0.05, 0) is 23.9 Å². The van der Waals surface area contributed by atoms with Crippen LogP contribution in [0.3, 0.4) is 0 Å². The minimum Gasteiger partial charge on any atom is -0.465 e. The normalized spacial score (nSPS) is 14.0. The number of unbranched alkanes of at least 4 members (excludes halogenated alkanes) is 30. The Morgan fingerprint density at radius 2 is 0.667 bits per heavy atom. The van der Waals surface area contributed by atoms with E-state index in [0.29, 0.717) is 24.2 Å². The number of halogens is 2. The van der Waals surface area contributed by atoms with E-state index < -0.39 is 23.7 Å². The Morgan fingerprint density at radius 3 is 0.870 bits per heavy atom. The summed E-state index contributed by atoms with van der Waals surface area (Å²) in [5.74, 6) is 0. The highest BCUT2D eigenvalue weighted by atomic mass is 35.5. The highest BCUT2D eigenvalue weighted by Gasteiger charge is 2.23. The van der Waals surface area contributed by atoms with E-state index in [9.17, 15) is 9.90 Å². The fourth-order valence-corrected chi connectivity index (χ4v) is 16.1. The van der Waals surface area contributed by atoms with Crippen molar-refractivity contribution in [3.63, 3.8) is 0 Å². The molecule has 0 fully saturated rings. The zero-order valence-electron chi connectivity index (χ0n) is 37.2. The van der Waals surface area contributed by atoms with E-state index in [2.05, 4.69) is 27.7 Å². The van der Waals surface area contributed by atoms with Gasteiger partial charge in [0.05, 0.1) is 17.6 Å². The quantitative estimate of drug-likeness (QED) is 0.0377. The second-order valence-corrected chi connectivity index (χ2v) is 26.8. The van der Waals surface area contributed by atoms with Gasteiger partial charge in [0.15, 0.2) is 0 Å². The van der Waals surface area contributed by atoms with E-state index >= 15 is 0 Å². The lowest BCUT2D eigenvalue weighted by atomic mass is 10.0. The summed E-state index contributed by atoms with van der Waals surface area (Å²) >= 11 is 13.0. The van der Waals surface area contributed by atoms with Crippen LogP contribution in [0, 0.1) is 0 Å². The van der Waals surface area contributed by atoms with E-state index in [-0.39, 0.29) is 0 Å². The van der Waals surface area contributed by atoms with Gasteiger partial charge >= 0.3 is 6.09 Å². The van der Waals surface area contributed by atoms with Gasteiger partial charge in [0.2, 0.25) is 0 Å². The summed E-state index contributed by atoms with van der Waals surface area (Å²) in [5, 5.41) is 10.0. The summed E-state index contributed by atoms with van der Waals surface area (Å²) in [7, 11) is -2.11. The van der Waals surface area contributed by atoms with Crippen LogP contribution in [0.1, 0.15) is 246 Å². The number of rotatable bonds is 44. The summed E-state index contributed by atoms with van der Waals surface area (Å²) in [6, 6.07) is 2.63. The second kappa shape index (κ2) is 42.9. The minimum absolute atomic E-state index is 0.595.